The lowest BCUT2D eigenvalue weighted by Gasteiger charge is -2.07. The number of rotatable bonds is 2. The maximum atomic E-state index is 8.53. The molecule has 1 aromatic rings. The van der Waals surface area contributed by atoms with Gasteiger partial charge in [0.1, 0.15) is 0 Å². The highest BCUT2D eigenvalue weighted by Crippen LogP contribution is 2.20. The van der Waals surface area contributed by atoms with Crippen molar-refractivity contribution in [3.63, 3.8) is 0 Å². The molecule has 0 aliphatic carbocycles. The average molecular weight is 186 g/mol. The summed E-state index contributed by atoms with van der Waals surface area (Å²) in [5, 5.41) is 9.28. The molecule has 0 heterocycles. The summed E-state index contributed by atoms with van der Waals surface area (Å²) in [4.78, 5) is 0. The van der Waals surface area contributed by atoms with Crippen LogP contribution in [0, 0.1) is 13.8 Å². The molecule has 0 atom stereocenters. The summed E-state index contributed by atoms with van der Waals surface area (Å²) in [6, 6.07) is 3.92. The van der Waals surface area contributed by atoms with Gasteiger partial charge in [0.05, 0.1) is 0 Å². The highest BCUT2D eigenvalue weighted by molar-refractivity contribution is 6.31. The molecule has 1 rings (SSSR count). The normalized spacial score (nSPS) is 10.3. The topological polar surface area (TPSA) is 32.3 Å². The van der Waals surface area contributed by atoms with Gasteiger partial charge in [-0.1, -0.05) is 17.7 Å². The van der Waals surface area contributed by atoms with Gasteiger partial charge >= 0.3 is 0 Å². The summed E-state index contributed by atoms with van der Waals surface area (Å²) in [6.45, 7) is 4.36. The molecule has 3 heteroatoms. The predicted molar refractivity (Wildman–Crippen MR) is 49.6 cm³/mol. The van der Waals surface area contributed by atoms with Gasteiger partial charge < -0.3 is 5.21 Å². The van der Waals surface area contributed by atoms with Crippen molar-refractivity contribution in [2.45, 2.75) is 20.4 Å². The summed E-state index contributed by atoms with van der Waals surface area (Å²) in [5.41, 5.74) is 5.28. The molecule has 0 aromatic heterocycles. The van der Waals surface area contributed by atoms with Gasteiger partial charge in [0.2, 0.25) is 0 Å². The number of benzene rings is 1. The van der Waals surface area contributed by atoms with E-state index in [-0.39, 0.29) is 0 Å². The number of hydroxylamine groups is 1. The summed E-state index contributed by atoms with van der Waals surface area (Å²) in [5.74, 6) is 0. The summed E-state index contributed by atoms with van der Waals surface area (Å²) < 4.78 is 0. The minimum Gasteiger partial charge on any atom is -0.316 e. The Kier molecular flexibility index (Phi) is 3.09. The third-order valence-corrected chi connectivity index (χ3v) is 2.26. The number of halogens is 1. The average Bonchev–Trinajstić information content (AvgIpc) is 2.00. The van der Waals surface area contributed by atoms with E-state index in [0.29, 0.717) is 6.54 Å². The second-order valence-electron chi connectivity index (χ2n) is 2.87. The van der Waals surface area contributed by atoms with Crippen LogP contribution in [0.2, 0.25) is 5.02 Å². The Bertz CT molecular complexity index is 286. The van der Waals surface area contributed by atoms with E-state index in [0.717, 1.165) is 21.7 Å². The fraction of sp³-hybridized carbons (Fsp3) is 0.333. The molecule has 2 N–H and O–H groups in total. The first-order chi connectivity index (χ1) is 5.65. The smallest absolute Gasteiger partial charge is 0.0461 e. The molecular weight excluding hydrogens is 174 g/mol. The number of hydrogen-bond donors (Lipinski definition) is 2. The van der Waals surface area contributed by atoms with E-state index in [9.17, 15) is 0 Å². The zero-order valence-corrected chi connectivity index (χ0v) is 7.94. The van der Waals surface area contributed by atoms with E-state index in [2.05, 4.69) is 5.48 Å². The molecule has 0 aliphatic rings. The van der Waals surface area contributed by atoms with Gasteiger partial charge in [-0.05, 0) is 36.6 Å². The zero-order valence-electron chi connectivity index (χ0n) is 7.19. The molecule has 0 fully saturated rings. The molecule has 0 spiro atoms. The third-order valence-electron chi connectivity index (χ3n) is 1.87. The standard InChI is InChI=1S/C9H12ClNO/c1-6-3-8(5-11-12)7(2)9(10)4-6/h3-4,11-12H,5H2,1-2H3. The molecule has 2 nitrogen and oxygen atoms in total. The molecule has 0 radical (unpaired) electrons. The van der Waals surface area contributed by atoms with Crippen LogP contribution >= 0.6 is 11.6 Å². The van der Waals surface area contributed by atoms with Gasteiger partial charge in [-0.15, -0.1) is 0 Å². The largest absolute Gasteiger partial charge is 0.316 e. The summed E-state index contributed by atoms with van der Waals surface area (Å²) in [6.07, 6.45) is 0. The van der Waals surface area contributed by atoms with Gasteiger partial charge in [0.15, 0.2) is 0 Å². The molecule has 0 bridgehead atoms. The maximum Gasteiger partial charge on any atom is 0.0461 e. The quantitative estimate of drug-likeness (QED) is 0.694. The molecule has 0 unspecified atom stereocenters. The number of aryl methyl sites for hydroxylation is 1. The van der Waals surface area contributed by atoms with Gasteiger partial charge in [-0.3, -0.25) is 0 Å². The molecule has 0 saturated carbocycles. The van der Waals surface area contributed by atoms with Crippen molar-refractivity contribution in [2.24, 2.45) is 0 Å². The SMILES string of the molecule is Cc1cc(Cl)c(C)c(CNO)c1. The Balaban J connectivity index is 3.09. The lowest BCUT2D eigenvalue weighted by molar-refractivity contribution is 0.161. The first kappa shape index (κ1) is 9.52. The van der Waals surface area contributed by atoms with Crippen LogP contribution in [0.1, 0.15) is 16.7 Å². The van der Waals surface area contributed by atoms with Crippen molar-refractivity contribution >= 4 is 11.6 Å². The van der Waals surface area contributed by atoms with Gasteiger partial charge in [-0.25, -0.2) is 5.48 Å². The maximum absolute atomic E-state index is 8.53. The van der Waals surface area contributed by atoms with Crippen molar-refractivity contribution in [1.82, 2.24) is 5.48 Å². The number of nitrogens with one attached hydrogen (secondary N) is 1. The van der Waals surface area contributed by atoms with Crippen LogP contribution in [0.5, 0.6) is 0 Å². The fourth-order valence-corrected chi connectivity index (χ4v) is 1.45. The minimum atomic E-state index is 0.438. The predicted octanol–water partition coefficient (Wildman–Crippen LogP) is 2.44. The summed E-state index contributed by atoms with van der Waals surface area (Å²) >= 11 is 5.95. The van der Waals surface area contributed by atoms with Gasteiger partial charge in [-0.2, -0.15) is 0 Å². The first-order valence-electron chi connectivity index (χ1n) is 3.77. The van der Waals surface area contributed by atoms with Crippen LogP contribution in [-0.2, 0) is 6.54 Å². The number of hydrogen-bond acceptors (Lipinski definition) is 2. The monoisotopic (exact) mass is 185 g/mol. The lowest BCUT2D eigenvalue weighted by Crippen LogP contribution is -2.07. The second-order valence-corrected chi connectivity index (χ2v) is 3.27. The molecule has 1 aromatic carbocycles. The Morgan fingerprint density at radius 2 is 2.08 bits per heavy atom. The highest BCUT2D eigenvalue weighted by atomic mass is 35.5. The van der Waals surface area contributed by atoms with E-state index in [1.54, 1.807) is 0 Å². The molecule has 12 heavy (non-hydrogen) atoms. The van der Waals surface area contributed by atoms with Crippen molar-refractivity contribution < 1.29 is 5.21 Å². The zero-order chi connectivity index (χ0) is 9.14. The van der Waals surface area contributed by atoms with Crippen LogP contribution in [0.3, 0.4) is 0 Å². The van der Waals surface area contributed by atoms with Crippen LogP contribution in [0.25, 0.3) is 0 Å². The van der Waals surface area contributed by atoms with Crippen molar-refractivity contribution in [3.8, 4) is 0 Å². The van der Waals surface area contributed by atoms with E-state index in [1.807, 2.05) is 26.0 Å². The van der Waals surface area contributed by atoms with Crippen LogP contribution in [0.4, 0.5) is 0 Å². The van der Waals surface area contributed by atoms with Crippen molar-refractivity contribution in [3.05, 3.63) is 33.8 Å². The minimum absolute atomic E-state index is 0.438. The van der Waals surface area contributed by atoms with Crippen LogP contribution in [0.15, 0.2) is 12.1 Å². The molecule has 0 aliphatic heterocycles. The third kappa shape index (κ3) is 1.97. The van der Waals surface area contributed by atoms with Gasteiger partial charge in [0.25, 0.3) is 0 Å². The van der Waals surface area contributed by atoms with E-state index in [4.69, 9.17) is 16.8 Å². The van der Waals surface area contributed by atoms with E-state index < -0.39 is 0 Å². The van der Waals surface area contributed by atoms with Crippen molar-refractivity contribution in [1.29, 1.82) is 0 Å². The fourth-order valence-electron chi connectivity index (χ4n) is 1.16. The van der Waals surface area contributed by atoms with Crippen LogP contribution in [-0.4, -0.2) is 5.21 Å². The molecule has 0 amide bonds. The Hall–Kier alpha value is -0.570. The first-order valence-corrected chi connectivity index (χ1v) is 4.15. The Morgan fingerprint density at radius 1 is 1.42 bits per heavy atom. The van der Waals surface area contributed by atoms with Gasteiger partial charge in [0, 0.05) is 11.6 Å². The van der Waals surface area contributed by atoms with Crippen molar-refractivity contribution in [2.75, 3.05) is 0 Å². The summed E-state index contributed by atoms with van der Waals surface area (Å²) in [7, 11) is 0. The van der Waals surface area contributed by atoms with E-state index in [1.165, 1.54) is 0 Å². The second kappa shape index (κ2) is 3.90. The molecule has 66 valence electrons. The van der Waals surface area contributed by atoms with Crippen LogP contribution < -0.4 is 5.48 Å². The molecular formula is C9H12ClNO. The Morgan fingerprint density at radius 3 is 2.67 bits per heavy atom. The lowest BCUT2D eigenvalue weighted by atomic mass is 10.1. The van der Waals surface area contributed by atoms with E-state index >= 15 is 0 Å². The highest BCUT2D eigenvalue weighted by Gasteiger charge is 2.02. The molecule has 0 saturated heterocycles. The Labute approximate surface area is 77.1 Å².